The monoisotopic (exact) mass is 344 g/mol. The third kappa shape index (κ3) is 2.13. The number of benzene rings is 1. The molecular formula is C16H8O9. The Bertz CT molecular complexity index is 978. The fourth-order valence-electron chi connectivity index (χ4n) is 3.01. The molecule has 0 spiro atoms. The lowest BCUT2D eigenvalue weighted by Crippen LogP contribution is -2.32. The second-order valence-corrected chi connectivity index (χ2v) is 5.38. The molecule has 0 amide bonds. The Hall–Kier alpha value is -3.75. The van der Waals surface area contributed by atoms with Crippen LogP contribution in [0.5, 0.6) is 0 Å². The molecule has 126 valence electrons. The molecule has 1 aromatic carbocycles. The van der Waals surface area contributed by atoms with E-state index in [1.54, 1.807) is 0 Å². The number of carboxylic acids is 4. The first-order chi connectivity index (χ1) is 11.6. The number of carboxylic acid groups (broad SMARTS) is 4. The number of aliphatic carboxylic acids is 2. The molecule has 0 aliphatic heterocycles. The SMILES string of the molecule is O=C(O)C1=CC(C(=O)O)C2=C(C1=O)c1c(C(=O)O)cc(C(=O)O)cc12. The molecule has 0 bridgehead atoms. The summed E-state index contributed by atoms with van der Waals surface area (Å²) in [6, 6.07) is 1.92. The number of rotatable bonds is 4. The van der Waals surface area contributed by atoms with Gasteiger partial charge in [-0.25, -0.2) is 14.4 Å². The first kappa shape index (κ1) is 16.1. The maximum Gasteiger partial charge on any atom is 0.339 e. The summed E-state index contributed by atoms with van der Waals surface area (Å²) in [5.41, 5.74) is -2.18. The summed E-state index contributed by atoms with van der Waals surface area (Å²) in [6.45, 7) is 0. The lowest BCUT2D eigenvalue weighted by Gasteiger charge is -2.34. The summed E-state index contributed by atoms with van der Waals surface area (Å²) < 4.78 is 0. The minimum absolute atomic E-state index is 0.00809. The quantitative estimate of drug-likeness (QED) is 0.572. The molecule has 9 nitrogen and oxygen atoms in total. The maximum absolute atomic E-state index is 12.3. The summed E-state index contributed by atoms with van der Waals surface area (Å²) >= 11 is 0. The van der Waals surface area contributed by atoms with Gasteiger partial charge in [0, 0.05) is 11.1 Å². The smallest absolute Gasteiger partial charge is 0.339 e. The van der Waals surface area contributed by atoms with Crippen LogP contribution < -0.4 is 0 Å². The standard InChI is InChI=1S/C16H8O9/c17-12-8(16(24)25)3-7(15(22)23)10-5-1-4(13(18)19)2-6(14(20)21)9(5)11(10)12/h1-3,7H,(H,18,19)(H,20,21)(H,22,23)(H,24,25). The van der Waals surface area contributed by atoms with Crippen LogP contribution in [0.2, 0.25) is 0 Å². The zero-order chi connectivity index (χ0) is 18.6. The summed E-state index contributed by atoms with van der Waals surface area (Å²) in [7, 11) is 0. The molecule has 1 aromatic rings. The van der Waals surface area contributed by atoms with Gasteiger partial charge in [0.1, 0.15) is 11.5 Å². The van der Waals surface area contributed by atoms with E-state index in [2.05, 4.69) is 0 Å². The van der Waals surface area contributed by atoms with E-state index >= 15 is 0 Å². The van der Waals surface area contributed by atoms with Crippen LogP contribution in [0, 0.1) is 5.92 Å². The van der Waals surface area contributed by atoms with Crippen LogP contribution in [0.3, 0.4) is 0 Å². The molecule has 1 atom stereocenters. The number of ketones is 1. The topological polar surface area (TPSA) is 166 Å². The fourth-order valence-corrected chi connectivity index (χ4v) is 3.01. The minimum atomic E-state index is -1.63. The van der Waals surface area contributed by atoms with Crippen molar-refractivity contribution in [3.63, 3.8) is 0 Å². The Morgan fingerprint density at radius 2 is 1.52 bits per heavy atom. The van der Waals surface area contributed by atoms with Crippen LogP contribution in [0.4, 0.5) is 0 Å². The number of hydrogen-bond donors (Lipinski definition) is 4. The van der Waals surface area contributed by atoms with Crippen LogP contribution in [0.25, 0.3) is 11.1 Å². The summed E-state index contributed by atoms with van der Waals surface area (Å²) in [5, 5.41) is 36.8. The summed E-state index contributed by atoms with van der Waals surface area (Å²) in [6.07, 6.45) is 0.767. The third-order valence-corrected chi connectivity index (χ3v) is 4.04. The molecule has 0 heterocycles. The molecule has 3 rings (SSSR count). The van der Waals surface area contributed by atoms with E-state index in [1.165, 1.54) is 0 Å². The zero-order valence-electron chi connectivity index (χ0n) is 12.1. The van der Waals surface area contributed by atoms with Gasteiger partial charge in [0.05, 0.1) is 11.1 Å². The van der Waals surface area contributed by atoms with Crippen molar-refractivity contribution >= 4 is 40.8 Å². The molecule has 2 aliphatic rings. The largest absolute Gasteiger partial charge is 0.481 e. The highest BCUT2D eigenvalue weighted by Crippen LogP contribution is 2.51. The Kier molecular flexibility index (Phi) is 3.31. The lowest BCUT2D eigenvalue weighted by molar-refractivity contribution is -0.138. The summed E-state index contributed by atoms with van der Waals surface area (Å²) in [5.74, 6) is -8.50. The zero-order valence-corrected chi connectivity index (χ0v) is 12.1. The highest BCUT2D eigenvalue weighted by Gasteiger charge is 2.46. The molecule has 1 unspecified atom stereocenters. The van der Waals surface area contributed by atoms with Crippen molar-refractivity contribution in [2.75, 3.05) is 0 Å². The molecule has 0 aromatic heterocycles. The van der Waals surface area contributed by atoms with Gasteiger partial charge in [-0.05, 0) is 29.3 Å². The number of Topliss-reactive ketones (excluding diaryl/α,β-unsaturated/α-hetero) is 1. The highest BCUT2D eigenvalue weighted by molar-refractivity contribution is 6.47. The van der Waals surface area contributed by atoms with Gasteiger partial charge < -0.3 is 20.4 Å². The minimum Gasteiger partial charge on any atom is -0.481 e. The van der Waals surface area contributed by atoms with Gasteiger partial charge in [0.15, 0.2) is 0 Å². The molecule has 0 saturated heterocycles. The van der Waals surface area contributed by atoms with Crippen LogP contribution in [0.15, 0.2) is 23.8 Å². The van der Waals surface area contributed by atoms with Gasteiger partial charge in [0.2, 0.25) is 5.78 Å². The van der Waals surface area contributed by atoms with Gasteiger partial charge in [0.25, 0.3) is 0 Å². The fraction of sp³-hybridized carbons (Fsp3) is 0.0625. The number of allylic oxidation sites excluding steroid dienone is 1. The molecule has 0 fully saturated rings. The van der Waals surface area contributed by atoms with E-state index in [0.717, 1.165) is 18.2 Å². The van der Waals surface area contributed by atoms with Crippen LogP contribution in [-0.2, 0) is 14.4 Å². The van der Waals surface area contributed by atoms with Crippen molar-refractivity contribution in [1.82, 2.24) is 0 Å². The number of carbonyl (C=O) groups is 5. The molecule has 4 N–H and O–H groups in total. The molecule has 0 radical (unpaired) electrons. The molecule has 9 heteroatoms. The van der Waals surface area contributed by atoms with Crippen molar-refractivity contribution in [3.8, 4) is 0 Å². The predicted octanol–water partition coefficient (Wildman–Crippen LogP) is 0.602. The van der Waals surface area contributed by atoms with E-state index in [9.17, 15) is 34.2 Å². The number of aromatic carboxylic acids is 2. The second kappa shape index (κ2) is 5.13. The highest BCUT2D eigenvalue weighted by atomic mass is 16.4. The van der Waals surface area contributed by atoms with Crippen LogP contribution in [0.1, 0.15) is 31.8 Å². The lowest BCUT2D eigenvalue weighted by atomic mass is 9.66. The molecule has 2 aliphatic carbocycles. The molecule has 25 heavy (non-hydrogen) atoms. The van der Waals surface area contributed by atoms with Gasteiger partial charge >= 0.3 is 23.9 Å². The van der Waals surface area contributed by atoms with Gasteiger partial charge in [-0.1, -0.05) is 0 Å². The average molecular weight is 344 g/mol. The van der Waals surface area contributed by atoms with Gasteiger partial charge in [-0.15, -0.1) is 0 Å². The third-order valence-electron chi connectivity index (χ3n) is 4.04. The number of carbonyl (C=O) groups excluding carboxylic acids is 1. The maximum atomic E-state index is 12.3. The Balaban J connectivity index is 2.29. The number of fused-ring (bicyclic) bond motifs is 3. The van der Waals surface area contributed by atoms with E-state index < -0.39 is 46.7 Å². The first-order valence-electron chi connectivity index (χ1n) is 6.77. The Labute approximate surface area is 138 Å². The Morgan fingerprint density at radius 3 is 2.00 bits per heavy atom. The van der Waals surface area contributed by atoms with Crippen molar-refractivity contribution in [3.05, 3.63) is 46.0 Å². The molecular weight excluding hydrogens is 336 g/mol. The van der Waals surface area contributed by atoms with E-state index in [0.29, 0.717) is 0 Å². The van der Waals surface area contributed by atoms with Gasteiger partial charge in [-0.3, -0.25) is 9.59 Å². The average Bonchev–Trinajstić information content (AvgIpc) is 2.49. The number of hydrogen-bond acceptors (Lipinski definition) is 5. The van der Waals surface area contributed by atoms with Crippen LogP contribution >= 0.6 is 0 Å². The van der Waals surface area contributed by atoms with E-state index in [4.69, 9.17) is 10.2 Å². The normalized spacial score (nSPS) is 17.8. The first-order valence-corrected chi connectivity index (χ1v) is 6.77. The van der Waals surface area contributed by atoms with E-state index in [-0.39, 0.29) is 27.8 Å². The summed E-state index contributed by atoms with van der Waals surface area (Å²) in [4.78, 5) is 57.6. The van der Waals surface area contributed by atoms with Crippen molar-refractivity contribution in [1.29, 1.82) is 0 Å². The predicted molar refractivity (Wildman–Crippen MR) is 79.0 cm³/mol. The van der Waals surface area contributed by atoms with Gasteiger partial charge in [-0.2, -0.15) is 0 Å². The second-order valence-electron chi connectivity index (χ2n) is 5.38. The molecule has 0 saturated carbocycles. The van der Waals surface area contributed by atoms with Crippen molar-refractivity contribution in [2.45, 2.75) is 0 Å². The Morgan fingerprint density at radius 1 is 0.880 bits per heavy atom. The van der Waals surface area contributed by atoms with Crippen LogP contribution in [-0.4, -0.2) is 50.1 Å². The van der Waals surface area contributed by atoms with Crippen molar-refractivity contribution in [2.24, 2.45) is 5.92 Å². The van der Waals surface area contributed by atoms with E-state index in [1.807, 2.05) is 0 Å². The van der Waals surface area contributed by atoms with Crippen molar-refractivity contribution < 1.29 is 44.4 Å².